The average molecular weight is 403 g/mol. The maximum Gasteiger partial charge on any atom is 0.231 e. The van der Waals surface area contributed by atoms with Gasteiger partial charge in [0.05, 0.1) is 5.56 Å². The molecule has 1 heterocycles. The molecule has 0 aliphatic carbocycles. The molecule has 4 heteroatoms. The molecule has 0 saturated heterocycles. The van der Waals surface area contributed by atoms with E-state index < -0.39 is 0 Å². The van der Waals surface area contributed by atoms with Crippen molar-refractivity contribution < 1.29 is 14.3 Å². The van der Waals surface area contributed by atoms with Crippen molar-refractivity contribution in [2.24, 2.45) is 0 Å². The SMILES string of the molecule is C=Cc1ccc(COc2ccc3c(c2C)O/C(=C\c2ccccc2Cl)C3=O)cc1. The number of carbonyl (C=O) groups is 1. The van der Waals surface area contributed by atoms with Crippen molar-refractivity contribution >= 4 is 29.5 Å². The molecule has 3 aromatic carbocycles. The molecule has 144 valence electrons. The summed E-state index contributed by atoms with van der Waals surface area (Å²) in [4.78, 5) is 12.7. The molecule has 0 aromatic heterocycles. The van der Waals surface area contributed by atoms with E-state index in [-0.39, 0.29) is 11.5 Å². The van der Waals surface area contributed by atoms with E-state index in [0.29, 0.717) is 28.7 Å². The maximum absolute atomic E-state index is 12.7. The van der Waals surface area contributed by atoms with Crippen LogP contribution in [0.3, 0.4) is 0 Å². The number of halogens is 1. The quantitative estimate of drug-likeness (QED) is 0.458. The summed E-state index contributed by atoms with van der Waals surface area (Å²) >= 11 is 6.20. The minimum Gasteiger partial charge on any atom is -0.488 e. The third kappa shape index (κ3) is 3.82. The first-order chi connectivity index (χ1) is 14.1. The van der Waals surface area contributed by atoms with Gasteiger partial charge in [-0.25, -0.2) is 0 Å². The summed E-state index contributed by atoms with van der Waals surface area (Å²) in [5.74, 6) is 1.32. The lowest BCUT2D eigenvalue weighted by Gasteiger charge is -2.11. The zero-order chi connectivity index (χ0) is 20.4. The van der Waals surface area contributed by atoms with E-state index >= 15 is 0 Å². The van der Waals surface area contributed by atoms with Crippen molar-refractivity contribution in [1.29, 1.82) is 0 Å². The number of ketones is 1. The van der Waals surface area contributed by atoms with Crippen LogP contribution in [-0.2, 0) is 6.61 Å². The molecule has 0 N–H and O–H groups in total. The van der Waals surface area contributed by atoms with Gasteiger partial charge in [-0.3, -0.25) is 4.79 Å². The smallest absolute Gasteiger partial charge is 0.231 e. The summed E-state index contributed by atoms with van der Waals surface area (Å²) in [7, 11) is 0. The van der Waals surface area contributed by atoms with Crippen molar-refractivity contribution in [3.63, 3.8) is 0 Å². The number of rotatable bonds is 5. The first-order valence-electron chi connectivity index (χ1n) is 9.23. The zero-order valence-electron chi connectivity index (χ0n) is 15.9. The van der Waals surface area contributed by atoms with Crippen LogP contribution in [0.5, 0.6) is 11.5 Å². The van der Waals surface area contributed by atoms with Gasteiger partial charge in [-0.1, -0.05) is 66.7 Å². The van der Waals surface area contributed by atoms with Gasteiger partial charge in [-0.15, -0.1) is 0 Å². The van der Waals surface area contributed by atoms with Gasteiger partial charge in [0.15, 0.2) is 5.76 Å². The summed E-state index contributed by atoms with van der Waals surface area (Å²) in [5.41, 5.74) is 4.17. The number of hydrogen-bond donors (Lipinski definition) is 0. The highest BCUT2D eigenvalue weighted by Crippen LogP contribution is 2.39. The maximum atomic E-state index is 12.7. The molecule has 0 saturated carbocycles. The Kier molecular flexibility index (Phi) is 5.24. The van der Waals surface area contributed by atoms with Crippen LogP contribution in [0.1, 0.15) is 32.6 Å². The highest BCUT2D eigenvalue weighted by molar-refractivity contribution is 6.32. The number of Topliss-reactive ketones (excluding diaryl/α,β-unsaturated/α-hetero) is 1. The van der Waals surface area contributed by atoms with Crippen molar-refractivity contribution in [3.8, 4) is 11.5 Å². The van der Waals surface area contributed by atoms with Gasteiger partial charge in [-0.05, 0) is 47.9 Å². The van der Waals surface area contributed by atoms with E-state index in [1.807, 2.05) is 55.5 Å². The Labute approximate surface area is 174 Å². The van der Waals surface area contributed by atoms with Gasteiger partial charge < -0.3 is 9.47 Å². The number of allylic oxidation sites excluding steroid dienone is 1. The fraction of sp³-hybridized carbons (Fsp3) is 0.0800. The van der Waals surface area contributed by atoms with Gasteiger partial charge in [-0.2, -0.15) is 0 Å². The lowest BCUT2D eigenvalue weighted by atomic mass is 10.1. The second kappa shape index (κ2) is 7.98. The van der Waals surface area contributed by atoms with Gasteiger partial charge >= 0.3 is 0 Å². The molecule has 0 radical (unpaired) electrons. The monoisotopic (exact) mass is 402 g/mol. The Morgan fingerprint density at radius 1 is 1.07 bits per heavy atom. The minimum atomic E-state index is -0.158. The molecule has 0 bridgehead atoms. The number of hydrogen-bond acceptors (Lipinski definition) is 3. The van der Waals surface area contributed by atoms with E-state index in [4.69, 9.17) is 21.1 Å². The number of fused-ring (bicyclic) bond motifs is 1. The standard InChI is InChI=1S/C25H19ClO3/c1-3-17-8-10-18(11-9-17)15-28-22-13-12-20-24(27)23(29-25(20)16(22)2)14-19-6-4-5-7-21(19)26/h3-14H,1,15H2,2H3/b23-14-. The molecule has 29 heavy (non-hydrogen) atoms. The van der Waals surface area contributed by atoms with Crippen LogP contribution in [-0.4, -0.2) is 5.78 Å². The molecule has 3 nitrogen and oxygen atoms in total. The second-order valence-corrected chi connectivity index (χ2v) is 7.17. The second-order valence-electron chi connectivity index (χ2n) is 6.76. The predicted octanol–water partition coefficient (Wildman–Crippen LogP) is 6.49. The molecular formula is C25H19ClO3. The van der Waals surface area contributed by atoms with Gasteiger partial charge in [0.25, 0.3) is 0 Å². The summed E-state index contributed by atoms with van der Waals surface area (Å²) in [6, 6.07) is 18.9. The minimum absolute atomic E-state index is 0.158. The van der Waals surface area contributed by atoms with E-state index in [2.05, 4.69) is 6.58 Å². The molecule has 3 aromatic rings. The zero-order valence-corrected chi connectivity index (χ0v) is 16.7. The summed E-state index contributed by atoms with van der Waals surface area (Å²) < 4.78 is 11.9. The summed E-state index contributed by atoms with van der Waals surface area (Å²) in [6.07, 6.45) is 3.48. The molecule has 0 fully saturated rings. The first kappa shape index (κ1) is 19.0. The third-order valence-corrected chi connectivity index (χ3v) is 5.18. The van der Waals surface area contributed by atoms with Crippen LogP contribution in [0.4, 0.5) is 0 Å². The average Bonchev–Trinajstić information content (AvgIpc) is 3.06. The fourth-order valence-corrected chi connectivity index (χ4v) is 3.36. The fourth-order valence-electron chi connectivity index (χ4n) is 3.17. The van der Waals surface area contributed by atoms with Crippen molar-refractivity contribution in [2.45, 2.75) is 13.5 Å². The predicted molar refractivity (Wildman–Crippen MR) is 116 cm³/mol. The number of ether oxygens (including phenoxy) is 2. The van der Waals surface area contributed by atoms with Crippen molar-refractivity contribution in [3.05, 3.63) is 106 Å². The van der Waals surface area contributed by atoms with Crippen molar-refractivity contribution in [1.82, 2.24) is 0 Å². The van der Waals surface area contributed by atoms with E-state index in [0.717, 1.165) is 22.3 Å². The Bertz CT molecular complexity index is 1130. The lowest BCUT2D eigenvalue weighted by molar-refractivity contribution is 0.101. The number of benzene rings is 3. The molecule has 0 atom stereocenters. The summed E-state index contributed by atoms with van der Waals surface area (Å²) in [6.45, 7) is 6.07. The van der Waals surface area contributed by atoms with Crippen LogP contribution < -0.4 is 9.47 Å². The molecule has 1 aliphatic heterocycles. The van der Waals surface area contributed by atoms with Crippen LogP contribution in [0, 0.1) is 6.92 Å². The molecular weight excluding hydrogens is 384 g/mol. The van der Waals surface area contributed by atoms with Crippen LogP contribution in [0.15, 0.2) is 73.0 Å². The van der Waals surface area contributed by atoms with Crippen molar-refractivity contribution in [2.75, 3.05) is 0 Å². The van der Waals surface area contributed by atoms with Gasteiger partial charge in [0.1, 0.15) is 18.1 Å². The van der Waals surface area contributed by atoms with Gasteiger partial charge in [0, 0.05) is 10.6 Å². The molecule has 4 rings (SSSR count). The molecule has 0 spiro atoms. The Balaban J connectivity index is 1.56. The van der Waals surface area contributed by atoms with Gasteiger partial charge in [0.2, 0.25) is 5.78 Å². The first-order valence-corrected chi connectivity index (χ1v) is 9.61. The van der Waals surface area contributed by atoms with Crippen LogP contribution in [0.25, 0.3) is 12.2 Å². The van der Waals surface area contributed by atoms with Crippen LogP contribution in [0.2, 0.25) is 5.02 Å². The van der Waals surface area contributed by atoms with E-state index in [9.17, 15) is 4.79 Å². The normalized spacial score (nSPS) is 13.9. The topological polar surface area (TPSA) is 35.5 Å². The Morgan fingerprint density at radius 2 is 1.83 bits per heavy atom. The summed E-state index contributed by atoms with van der Waals surface area (Å²) in [5, 5.41) is 0.565. The van der Waals surface area contributed by atoms with E-state index in [1.165, 1.54) is 0 Å². The lowest BCUT2D eigenvalue weighted by Crippen LogP contribution is -1.98. The third-order valence-electron chi connectivity index (χ3n) is 4.84. The molecule has 1 aliphatic rings. The van der Waals surface area contributed by atoms with Crippen LogP contribution >= 0.6 is 11.6 Å². The Hall–Kier alpha value is -3.30. The number of carbonyl (C=O) groups excluding carboxylic acids is 1. The molecule has 0 amide bonds. The molecule has 0 unspecified atom stereocenters. The largest absolute Gasteiger partial charge is 0.488 e. The highest BCUT2D eigenvalue weighted by Gasteiger charge is 2.30. The Morgan fingerprint density at radius 3 is 2.55 bits per heavy atom. The van der Waals surface area contributed by atoms with E-state index in [1.54, 1.807) is 24.3 Å². The highest BCUT2D eigenvalue weighted by atomic mass is 35.5.